The Balaban J connectivity index is 1.87. The van der Waals surface area contributed by atoms with Gasteiger partial charge in [-0.3, -0.25) is 9.10 Å². The molecule has 2 aromatic carbocycles. The Hall–Kier alpha value is -2.05. The van der Waals surface area contributed by atoms with Gasteiger partial charge in [-0.2, -0.15) is 0 Å². The molecule has 5 nitrogen and oxygen atoms in total. The van der Waals surface area contributed by atoms with Crippen molar-refractivity contribution in [2.45, 2.75) is 56.4 Å². The number of hydrogen-bond donors (Lipinski definition) is 1. The summed E-state index contributed by atoms with van der Waals surface area (Å²) in [5, 5.41) is 3.50. The van der Waals surface area contributed by atoms with Gasteiger partial charge in [-0.15, -0.1) is 0 Å². The van der Waals surface area contributed by atoms with Crippen LogP contribution >= 0.6 is 11.6 Å². The Kier molecular flexibility index (Phi) is 7.19. The zero-order valence-electron chi connectivity index (χ0n) is 16.6. The van der Waals surface area contributed by atoms with Crippen LogP contribution in [0.25, 0.3) is 0 Å². The summed E-state index contributed by atoms with van der Waals surface area (Å²) < 4.78 is 27.9. The average Bonchev–Trinajstić information content (AvgIpc) is 2.95. The lowest BCUT2D eigenvalue weighted by atomic mass is 10.1. The lowest BCUT2D eigenvalue weighted by Crippen LogP contribution is -2.44. The summed E-state index contributed by atoms with van der Waals surface area (Å²) in [6.07, 6.45) is 6.45. The number of aryl methyl sites for hydroxylation is 1. The number of carbonyl (C=O) groups excluding carboxylic acids is 1. The van der Waals surface area contributed by atoms with Gasteiger partial charge in [-0.25, -0.2) is 8.42 Å². The predicted molar refractivity (Wildman–Crippen MR) is 117 cm³/mol. The van der Waals surface area contributed by atoms with E-state index in [1.165, 1.54) is 41.4 Å². The molecule has 0 radical (unpaired) electrons. The maximum atomic E-state index is 13.3. The van der Waals surface area contributed by atoms with E-state index in [4.69, 9.17) is 11.6 Å². The number of rotatable bonds is 6. The van der Waals surface area contributed by atoms with E-state index in [1.54, 1.807) is 18.2 Å². The topological polar surface area (TPSA) is 66.5 Å². The molecular formula is C22H27ClN2O3S. The first kappa shape index (κ1) is 21.7. The zero-order chi connectivity index (χ0) is 20.9. The highest BCUT2D eigenvalue weighted by atomic mass is 35.5. The molecule has 1 aliphatic rings. The fourth-order valence-electron chi connectivity index (χ4n) is 3.66. The van der Waals surface area contributed by atoms with Gasteiger partial charge in [0.25, 0.3) is 10.0 Å². The number of amides is 1. The predicted octanol–water partition coefficient (Wildman–Crippen LogP) is 4.68. The number of benzene rings is 2. The molecule has 29 heavy (non-hydrogen) atoms. The van der Waals surface area contributed by atoms with Crippen molar-refractivity contribution in [3.05, 3.63) is 59.1 Å². The summed E-state index contributed by atoms with van der Waals surface area (Å²) in [5.41, 5.74) is 1.39. The molecule has 7 heteroatoms. The van der Waals surface area contributed by atoms with Gasteiger partial charge in [0.15, 0.2) is 0 Å². The van der Waals surface area contributed by atoms with Gasteiger partial charge in [0.2, 0.25) is 5.91 Å². The van der Waals surface area contributed by atoms with Gasteiger partial charge in [0.1, 0.15) is 6.54 Å². The quantitative estimate of drug-likeness (QED) is 0.671. The minimum absolute atomic E-state index is 0.102. The fraction of sp³-hybridized carbons (Fsp3) is 0.409. The summed E-state index contributed by atoms with van der Waals surface area (Å²) in [6.45, 7) is 1.63. The maximum Gasteiger partial charge on any atom is 0.264 e. The number of sulfonamides is 1. The average molecular weight is 435 g/mol. The summed E-state index contributed by atoms with van der Waals surface area (Å²) in [4.78, 5) is 12.9. The van der Waals surface area contributed by atoms with Crippen molar-refractivity contribution in [2.24, 2.45) is 0 Å². The van der Waals surface area contributed by atoms with Gasteiger partial charge < -0.3 is 5.32 Å². The second-order valence-corrected chi connectivity index (χ2v) is 9.86. The van der Waals surface area contributed by atoms with Gasteiger partial charge >= 0.3 is 0 Å². The lowest BCUT2D eigenvalue weighted by molar-refractivity contribution is -0.120. The number of carbonyl (C=O) groups is 1. The van der Waals surface area contributed by atoms with E-state index < -0.39 is 10.0 Å². The molecule has 1 saturated carbocycles. The van der Waals surface area contributed by atoms with Crippen LogP contribution in [0.5, 0.6) is 0 Å². The molecule has 2 aromatic rings. The lowest BCUT2D eigenvalue weighted by Gasteiger charge is -2.26. The minimum atomic E-state index is -3.92. The van der Waals surface area contributed by atoms with Crippen molar-refractivity contribution in [1.29, 1.82) is 0 Å². The van der Waals surface area contributed by atoms with Gasteiger partial charge in [0, 0.05) is 11.1 Å². The molecule has 0 spiro atoms. The third-order valence-electron chi connectivity index (χ3n) is 5.20. The van der Waals surface area contributed by atoms with E-state index in [2.05, 4.69) is 5.32 Å². The first-order valence-electron chi connectivity index (χ1n) is 10.0. The minimum Gasteiger partial charge on any atom is -0.352 e. The van der Waals surface area contributed by atoms with E-state index >= 15 is 0 Å². The number of anilines is 1. The fourth-order valence-corrected chi connectivity index (χ4v) is 5.20. The molecule has 156 valence electrons. The Bertz CT molecular complexity index is 937. The molecular weight excluding hydrogens is 408 g/mol. The number of hydrogen-bond acceptors (Lipinski definition) is 3. The van der Waals surface area contributed by atoms with Gasteiger partial charge in [-0.05, 0) is 61.7 Å². The van der Waals surface area contributed by atoms with E-state index in [9.17, 15) is 13.2 Å². The summed E-state index contributed by atoms with van der Waals surface area (Å²) >= 11 is 5.91. The molecule has 0 bridgehead atoms. The van der Waals surface area contributed by atoms with Crippen LogP contribution in [0.2, 0.25) is 5.02 Å². The molecule has 0 aliphatic heterocycles. The highest BCUT2D eigenvalue weighted by Gasteiger charge is 2.28. The second-order valence-electron chi connectivity index (χ2n) is 7.56. The Labute approximate surface area is 178 Å². The maximum absolute atomic E-state index is 13.3. The molecule has 1 fully saturated rings. The second kappa shape index (κ2) is 9.63. The smallest absolute Gasteiger partial charge is 0.264 e. The normalized spacial score (nSPS) is 15.5. The first-order valence-corrected chi connectivity index (χ1v) is 11.8. The van der Waals surface area contributed by atoms with Crippen molar-refractivity contribution in [2.75, 3.05) is 10.8 Å². The van der Waals surface area contributed by atoms with Crippen LogP contribution in [0, 0.1) is 6.92 Å². The van der Waals surface area contributed by atoms with Crippen molar-refractivity contribution in [3.63, 3.8) is 0 Å². The first-order chi connectivity index (χ1) is 13.9. The van der Waals surface area contributed by atoms with Crippen molar-refractivity contribution in [3.8, 4) is 0 Å². The molecule has 0 heterocycles. The third-order valence-corrected chi connectivity index (χ3v) is 7.24. The standard InChI is InChI=1S/C22H27ClN2O3S/c1-17-7-6-10-20(15-17)25(29(27,28)21-13-11-18(23)12-14-21)16-22(26)24-19-8-4-2-3-5-9-19/h6-7,10-15,19H,2-5,8-9,16H2,1H3,(H,24,26). The molecule has 0 saturated heterocycles. The Morgan fingerprint density at radius 1 is 1.07 bits per heavy atom. The number of nitrogens with one attached hydrogen (secondary N) is 1. The monoisotopic (exact) mass is 434 g/mol. The molecule has 3 rings (SSSR count). The van der Waals surface area contributed by atoms with Gasteiger partial charge in [0.05, 0.1) is 10.6 Å². The van der Waals surface area contributed by atoms with Crippen molar-refractivity contribution < 1.29 is 13.2 Å². The molecule has 0 atom stereocenters. The number of halogens is 1. The molecule has 1 amide bonds. The van der Waals surface area contributed by atoms with Crippen LogP contribution in [0.15, 0.2) is 53.4 Å². The van der Waals surface area contributed by atoms with Crippen LogP contribution in [-0.2, 0) is 14.8 Å². The molecule has 1 aliphatic carbocycles. The van der Waals surface area contributed by atoms with Crippen LogP contribution in [0.4, 0.5) is 5.69 Å². The van der Waals surface area contributed by atoms with E-state index in [1.807, 2.05) is 13.0 Å². The van der Waals surface area contributed by atoms with Crippen LogP contribution in [0.3, 0.4) is 0 Å². The molecule has 0 unspecified atom stereocenters. The Morgan fingerprint density at radius 3 is 2.34 bits per heavy atom. The summed E-state index contributed by atoms with van der Waals surface area (Å²) in [7, 11) is -3.92. The van der Waals surface area contributed by atoms with E-state index in [-0.39, 0.29) is 23.4 Å². The highest BCUT2D eigenvalue weighted by molar-refractivity contribution is 7.92. The largest absolute Gasteiger partial charge is 0.352 e. The SMILES string of the molecule is Cc1cccc(N(CC(=O)NC2CCCCCC2)S(=O)(=O)c2ccc(Cl)cc2)c1. The van der Waals surface area contributed by atoms with Gasteiger partial charge in [-0.1, -0.05) is 49.4 Å². The van der Waals surface area contributed by atoms with E-state index in [0.29, 0.717) is 10.7 Å². The third kappa shape index (κ3) is 5.73. The zero-order valence-corrected chi connectivity index (χ0v) is 18.2. The summed E-state index contributed by atoms with van der Waals surface area (Å²) in [6, 6.07) is 13.3. The van der Waals surface area contributed by atoms with E-state index in [0.717, 1.165) is 31.2 Å². The Morgan fingerprint density at radius 2 is 1.72 bits per heavy atom. The molecule has 1 N–H and O–H groups in total. The van der Waals surface area contributed by atoms with Crippen molar-refractivity contribution >= 4 is 33.2 Å². The van der Waals surface area contributed by atoms with Crippen molar-refractivity contribution in [1.82, 2.24) is 5.32 Å². The highest BCUT2D eigenvalue weighted by Crippen LogP contribution is 2.25. The number of nitrogens with zero attached hydrogens (tertiary/aromatic N) is 1. The molecule has 0 aromatic heterocycles. The van der Waals surface area contributed by atoms with Crippen LogP contribution in [0.1, 0.15) is 44.1 Å². The van der Waals surface area contributed by atoms with Crippen LogP contribution < -0.4 is 9.62 Å². The summed E-state index contributed by atoms with van der Waals surface area (Å²) in [5.74, 6) is -0.282. The van der Waals surface area contributed by atoms with Crippen LogP contribution in [-0.4, -0.2) is 26.9 Å².